The first-order chi connectivity index (χ1) is 14.7. The van der Waals surface area contributed by atoms with Crippen LogP contribution in [0.4, 0.5) is 18.3 Å². The molecule has 4 rings (SSSR count). The van der Waals surface area contributed by atoms with Crippen LogP contribution in [-0.4, -0.2) is 31.6 Å². The van der Waals surface area contributed by atoms with Crippen molar-refractivity contribution in [2.75, 3.05) is 5.32 Å². The third-order valence-electron chi connectivity index (χ3n) is 4.94. The van der Waals surface area contributed by atoms with Gasteiger partial charge < -0.3 is 15.2 Å². The molecule has 0 aliphatic heterocycles. The average molecular weight is 448 g/mol. The fourth-order valence-electron chi connectivity index (χ4n) is 3.33. The highest BCUT2D eigenvalue weighted by atomic mass is 32.1. The van der Waals surface area contributed by atoms with Crippen molar-refractivity contribution in [3.63, 3.8) is 0 Å². The van der Waals surface area contributed by atoms with Gasteiger partial charge in [0.15, 0.2) is 5.13 Å². The van der Waals surface area contributed by atoms with Gasteiger partial charge in [0.2, 0.25) is 0 Å². The largest absolute Gasteiger partial charge is 0.412 e. The average Bonchev–Trinajstić information content (AvgIpc) is 3.31. The number of fused-ring (bicyclic) bond motifs is 1. The van der Waals surface area contributed by atoms with Crippen molar-refractivity contribution in [2.24, 2.45) is 13.0 Å². The van der Waals surface area contributed by atoms with Crippen molar-refractivity contribution >= 4 is 33.4 Å². The zero-order chi connectivity index (χ0) is 22.2. The maximum Gasteiger partial charge on any atom is 0.412 e. The van der Waals surface area contributed by atoms with Crippen LogP contribution in [-0.2, 0) is 13.6 Å². The normalized spacial score (nSPS) is 16.7. The van der Waals surface area contributed by atoms with Gasteiger partial charge in [-0.3, -0.25) is 4.79 Å². The van der Waals surface area contributed by atoms with Crippen LogP contribution < -0.4 is 10.6 Å². The highest BCUT2D eigenvalue weighted by molar-refractivity contribution is 7.15. The van der Waals surface area contributed by atoms with Gasteiger partial charge in [-0.2, -0.15) is 13.2 Å². The molecule has 0 radical (unpaired) electrons. The van der Waals surface area contributed by atoms with Crippen molar-refractivity contribution in [3.05, 3.63) is 58.8 Å². The molecule has 3 aromatic rings. The fraction of sp³-hybridized carbons (Fsp3) is 0.300. The zero-order valence-corrected chi connectivity index (χ0v) is 17.5. The highest BCUT2D eigenvalue weighted by Gasteiger charge is 2.37. The number of carbonyl (C=O) groups is 1. The van der Waals surface area contributed by atoms with E-state index in [0.29, 0.717) is 16.3 Å². The number of imidazole rings is 1. The van der Waals surface area contributed by atoms with Gasteiger partial charge in [0, 0.05) is 29.4 Å². The Labute approximate surface area is 179 Å². The van der Waals surface area contributed by atoms with Gasteiger partial charge in [-0.05, 0) is 24.5 Å². The van der Waals surface area contributed by atoms with Crippen molar-refractivity contribution in [1.82, 2.24) is 24.8 Å². The van der Waals surface area contributed by atoms with E-state index in [-0.39, 0.29) is 24.6 Å². The number of aryl methyl sites for hydroxylation is 1. The first kappa shape index (κ1) is 21.0. The number of rotatable bonds is 5. The molecule has 1 amide bonds. The second kappa shape index (κ2) is 8.14. The summed E-state index contributed by atoms with van der Waals surface area (Å²) in [4.78, 5) is 25.8. The number of anilines is 1. The number of allylic oxidation sites excluding steroid dienone is 4. The van der Waals surface area contributed by atoms with E-state index in [1.807, 2.05) is 11.6 Å². The van der Waals surface area contributed by atoms with Crippen molar-refractivity contribution in [3.8, 4) is 0 Å². The van der Waals surface area contributed by atoms with Crippen LogP contribution in [0.15, 0.2) is 48.2 Å². The van der Waals surface area contributed by atoms with Crippen LogP contribution in [0.5, 0.6) is 0 Å². The van der Waals surface area contributed by atoms with Gasteiger partial charge in [0.1, 0.15) is 11.2 Å². The number of thiazole rings is 1. The van der Waals surface area contributed by atoms with E-state index in [9.17, 15) is 18.0 Å². The summed E-state index contributed by atoms with van der Waals surface area (Å²) in [6.07, 6.45) is 3.31. The van der Waals surface area contributed by atoms with Gasteiger partial charge in [-0.25, -0.2) is 15.0 Å². The van der Waals surface area contributed by atoms with Crippen LogP contribution in [0.2, 0.25) is 0 Å². The molecular formula is C20H19F3N6OS. The Hall–Kier alpha value is -3.21. The minimum Gasteiger partial charge on any atom is -0.346 e. The van der Waals surface area contributed by atoms with E-state index in [2.05, 4.69) is 25.6 Å². The molecule has 0 aromatic carbocycles. The molecule has 2 N–H and O–H groups in total. The molecule has 1 unspecified atom stereocenters. The molecule has 1 aliphatic rings. The van der Waals surface area contributed by atoms with E-state index in [4.69, 9.17) is 0 Å². The Morgan fingerprint density at radius 3 is 2.81 bits per heavy atom. The summed E-state index contributed by atoms with van der Waals surface area (Å²) >= 11 is 1.32. The molecule has 0 fully saturated rings. The molecule has 7 nitrogen and oxygen atoms in total. The second-order valence-corrected chi connectivity index (χ2v) is 8.39. The number of nitrogens with one attached hydrogen (secondary N) is 2. The SMILES string of the molecule is CC1CC(Nc2ncc(CNC(=O)c3cc4c(cn3)ncn4C)s2)=CC=C1C(F)(F)F. The molecule has 162 valence electrons. The molecule has 1 aliphatic carbocycles. The summed E-state index contributed by atoms with van der Waals surface area (Å²) in [6, 6.07) is 1.68. The van der Waals surface area contributed by atoms with Crippen LogP contribution in [0.1, 0.15) is 28.7 Å². The van der Waals surface area contributed by atoms with Gasteiger partial charge in [-0.1, -0.05) is 24.3 Å². The second-order valence-electron chi connectivity index (χ2n) is 7.27. The van der Waals surface area contributed by atoms with E-state index in [1.54, 1.807) is 31.7 Å². The summed E-state index contributed by atoms with van der Waals surface area (Å²) in [5.41, 5.74) is 1.94. The van der Waals surface area contributed by atoms with Crippen LogP contribution in [0.25, 0.3) is 11.0 Å². The summed E-state index contributed by atoms with van der Waals surface area (Å²) < 4.78 is 40.6. The molecule has 11 heteroatoms. The van der Waals surface area contributed by atoms with Gasteiger partial charge in [-0.15, -0.1) is 0 Å². The Kier molecular flexibility index (Phi) is 5.52. The summed E-state index contributed by atoms with van der Waals surface area (Å²) in [6.45, 7) is 1.81. The lowest BCUT2D eigenvalue weighted by Crippen LogP contribution is -2.23. The maximum absolute atomic E-state index is 12.9. The number of alkyl halides is 3. The Morgan fingerprint density at radius 1 is 1.26 bits per heavy atom. The predicted molar refractivity (Wildman–Crippen MR) is 111 cm³/mol. The number of carbonyl (C=O) groups excluding carboxylic acids is 1. The molecular weight excluding hydrogens is 429 g/mol. The van der Waals surface area contributed by atoms with Gasteiger partial charge in [0.05, 0.1) is 24.6 Å². The summed E-state index contributed by atoms with van der Waals surface area (Å²) in [5, 5.41) is 6.43. The predicted octanol–water partition coefficient (Wildman–Crippen LogP) is 4.18. The van der Waals surface area contributed by atoms with Crippen LogP contribution in [0.3, 0.4) is 0 Å². The molecule has 0 spiro atoms. The molecule has 3 heterocycles. The maximum atomic E-state index is 12.9. The Bertz CT molecular complexity index is 1190. The fourth-order valence-corrected chi connectivity index (χ4v) is 4.11. The van der Waals surface area contributed by atoms with E-state index >= 15 is 0 Å². The number of hydrogen-bond acceptors (Lipinski definition) is 6. The lowest BCUT2D eigenvalue weighted by atomic mass is 9.91. The number of nitrogens with zero attached hydrogens (tertiary/aromatic N) is 4. The molecule has 0 saturated carbocycles. The number of hydrogen-bond donors (Lipinski definition) is 2. The lowest BCUT2D eigenvalue weighted by Gasteiger charge is -2.23. The van der Waals surface area contributed by atoms with Crippen LogP contribution >= 0.6 is 11.3 Å². The van der Waals surface area contributed by atoms with Crippen LogP contribution in [0, 0.1) is 5.92 Å². The summed E-state index contributed by atoms with van der Waals surface area (Å²) in [7, 11) is 1.84. The minimum absolute atomic E-state index is 0.249. The first-order valence-electron chi connectivity index (χ1n) is 9.45. The molecule has 31 heavy (non-hydrogen) atoms. The minimum atomic E-state index is -4.32. The molecule has 1 atom stereocenters. The third kappa shape index (κ3) is 4.61. The smallest absolute Gasteiger partial charge is 0.346 e. The van der Waals surface area contributed by atoms with Gasteiger partial charge in [0.25, 0.3) is 5.91 Å². The monoisotopic (exact) mass is 448 g/mol. The topological polar surface area (TPSA) is 84.7 Å². The van der Waals surface area contributed by atoms with Crippen molar-refractivity contribution in [1.29, 1.82) is 0 Å². The molecule has 0 saturated heterocycles. The number of amides is 1. The van der Waals surface area contributed by atoms with E-state index in [1.165, 1.54) is 17.4 Å². The van der Waals surface area contributed by atoms with Crippen molar-refractivity contribution in [2.45, 2.75) is 26.1 Å². The standard InChI is InChI=1S/C20H19F3N6OS/c1-11-5-12(3-4-14(11)20(21,22)23)28-19-26-8-13(31-19)7-25-18(30)15-6-17-16(9-24-15)27-10-29(17)2/h3-4,6,8-11H,5,7H2,1-2H3,(H,25,30)(H,26,28). The third-order valence-corrected chi connectivity index (χ3v) is 5.85. The lowest BCUT2D eigenvalue weighted by molar-refractivity contribution is -0.0985. The zero-order valence-electron chi connectivity index (χ0n) is 16.7. The van der Waals surface area contributed by atoms with Crippen molar-refractivity contribution < 1.29 is 18.0 Å². The Morgan fingerprint density at radius 2 is 2.06 bits per heavy atom. The van der Waals surface area contributed by atoms with Gasteiger partial charge >= 0.3 is 6.18 Å². The molecule has 0 bridgehead atoms. The number of pyridine rings is 1. The highest BCUT2D eigenvalue weighted by Crippen LogP contribution is 2.37. The first-order valence-corrected chi connectivity index (χ1v) is 10.3. The van der Waals surface area contributed by atoms with E-state index < -0.39 is 17.7 Å². The molecule has 3 aromatic heterocycles. The Balaban J connectivity index is 1.37. The quantitative estimate of drug-likeness (QED) is 0.612. The number of aromatic nitrogens is 4. The number of halogens is 3. The summed E-state index contributed by atoms with van der Waals surface area (Å²) in [5.74, 6) is -0.949. The van der Waals surface area contributed by atoms with E-state index in [0.717, 1.165) is 16.5 Å².